The molecular formula is C29H23N3O2. The number of carbonyl (C=O) groups is 1. The third-order valence-electron chi connectivity index (χ3n) is 5.55. The van der Waals surface area contributed by atoms with Gasteiger partial charge in [-0.3, -0.25) is 4.79 Å². The second-order valence-electron chi connectivity index (χ2n) is 7.82. The van der Waals surface area contributed by atoms with E-state index in [9.17, 15) is 4.79 Å². The van der Waals surface area contributed by atoms with Crippen LogP contribution in [0.1, 0.15) is 5.56 Å². The Morgan fingerprint density at radius 2 is 1.65 bits per heavy atom. The summed E-state index contributed by atoms with van der Waals surface area (Å²) in [6.45, 7) is 0. The first-order valence-corrected chi connectivity index (χ1v) is 11.0. The average Bonchev–Trinajstić information content (AvgIpc) is 3.34. The number of hydrogen-bond acceptors (Lipinski definition) is 3. The van der Waals surface area contributed by atoms with Crippen molar-refractivity contribution in [2.75, 3.05) is 12.4 Å². The van der Waals surface area contributed by atoms with Crippen LogP contribution >= 0.6 is 0 Å². The van der Waals surface area contributed by atoms with Gasteiger partial charge in [0, 0.05) is 24.0 Å². The fraction of sp³-hybridized carbons (Fsp3) is 0.0345. The van der Waals surface area contributed by atoms with Gasteiger partial charge in [-0.25, -0.2) is 4.98 Å². The van der Waals surface area contributed by atoms with Crippen LogP contribution in [0.3, 0.4) is 0 Å². The molecule has 0 saturated carbocycles. The van der Waals surface area contributed by atoms with Gasteiger partial charge in [-0.15, -0.1) is 0 Å². The standard InChI is InChI=1S/C29H23N3O2/c1-34-25-10-5-7-21(19-25)12-17-28(33)30-26-11-6-18-32-20-27(31-29(26)32)24-15-13-23(14-16-24)22-8-3-2-4-9-22/h2-20H,1H3,(H,30,33)/b17-12+. The van der Waals surface area contributed by atoms with Crippen LogP contribution in [0.15, 0.2) is 109 Å². The molecule has 5 heteroatoms. The monoisotopic (exact) mass is 445 g/mol. The van der Waals surface area contributed by atoms with Crippen molar-refractivity contribution in [3.05, 3.63) is 115 Å². The summed E-state index contributed by atoms with van der Waals surface area (Å²) >= 11 is 0. The predicted molar refractivity (Wildman–Crippen MR) is 137 cm³/mol. The highest BCUT2D eigenvalue weighted by Gasteiger charge is 2.10. The molecule has 0 atom stereocenters. The van der Waals surface area contributed by atoms with Crippen LogP contribution in [0.2, 0.25) is 0 Å². The van der Waals surface area contributed by atoms with Gasteiger partial charge < -0.3 is 14.5 Å². The molecule has 0 unspecified atom stereocenters. The van der Waals surface area contributed by atoms with E-state index in [1.54, 1.807) is 13.2 Å². The minimum atomic E-state index is -0.229. The molecule has 5 aromatic rings. The number of methoxy groups -OCH3 is 1. The van der Waals surface area contributed by atoms with Crippen molar-refractivity contribution >= 4 is 23.3 Å². The van der Waals surface area contributed by atoms with Gasteiger partial charge in [-0.2, -0.15) is 0 Å². The van der Waals surface area contributed by atoms with Crippen LogP contribution in [0.5, 0.6) is 5.75 Å². The van der Waals surface area contributed by atoms with E-state index in [-0.39, 0.29) is 5.91 Å². The van der Waals surface area contributed by atoms with Crippen LogP contribution in [0, 0.1) is 0 Å². The Morgan fingerprint density at radius 1 is 0.882 bits per heavy atom. The minimum absolute atomic E-state index is 0.229. The number of benzene rings is 3. The maximum atomic E-state index is 12.6. The number of nitrogens with one attached hydrogen (secondary N) is 1. The number of aromatic nitrogens is 2. The van der Waals surface area contributed by atoms with E-state index in [1.807, 2.05) is 71.4 Å². The lowest BCUT2D eigenvalue weighted by molar-refractivity contribution is -0.111. The fourth-order valence-corrected chi connectivity index (χ4v) is 3.81. The molecule has 5 nitrogen and oxygen atoms in total. The zero-order chi connectivity index (χ0) is 23.3. The van der Waals surface area contributed by atoms with Gasteiger partial charge in [0.2, 0.25) is 5.91 Å². The summed E-state index contributed by atoms with van der Waals surface area (Å²) in [6, 6.07) is 29.9. The molecule has 0 bridgehead atoms. The van der Waals surface area contributed by atoms with Crippen LogP contribution in [0.4, 0.5) is 5.69 Å². The fourth-order valence-electron chi connectivity index (χ4n) is 3.81. The second kappa shape index (κ2) is 9.46. The molecule has 3 aromatic carbocycles. The van der Waals surface area contributed by atoms with Crippen molar-refractivity contribution in [3.8, 4) is 28.1 Å². The number of imidazole rings is 1. The SMILES string of the molecule is COc1cccc(/C=C/C(=O)Nc2cccn3cc(-c4ccc(-c5ccccc5)cc4)nc23)c1. The molecule has 0 fully saturated rings. The highest BCUT2D eigenvalue weighted by atomic mass is 16.5. The molecule has 5 rings (SSSR count). The number of pyridine rings is 1. The lowest BCUT2D eigenvalue weighted by Gasteiger charge is -2.04. The number of anilines is 1. The molecular weight excluding hydrogens is 422 g/mol. The quantitative estimate of drug-likeness (QED) is 0.311. The van der Waals surface area contributed by atoms with E-state index in [2.05, 4.69) is 41.7 Å². The zero-order valence-electron chi connectivity index (χ0n) is 18.7. The van der Waals surface area contributed by atoms with E-state index in [4.69, 9.17) is 9.72 Å². The van der Waals surface area contributed by atoms with Gasteiger partial charge >= 0.3 is 0 Å². The Kier molecular flexibility index (Phi) is 5.91. The molecule has 0 saturated heterocycles. The Balaban J connectivity index is 1.36. The molecule has 166 valence electrons. The first-order valence-electron chi connectivity index (χ1n) is 11.0. The van der Waals surface area contributed by atoms with Gasteiger partial charge in [0.15, 0.2) is 5.65 Å². The molecule has 1 N–H and O–H groups in total. The summed E-state index contributed by atoms with van der Waals surface area (Å²) in [5.74, 6) is 0.515. The first kappa shape index (κ1) is 21.2. The Morgan fingerprint density at radius 3 is 2.44 bits per heavy atom. The topological polar surface area (TPSA) is 55.6 Å². The summed E-state index contributed by atoms with van der Waals surface area (Å²) < 4.78 is 7.15. The molecule has 0 aliphatic heterocycles. The van der Waals surface area contributed by atoms with Crippen molar-refractivity contribution in [1.82, 2.24) is 9.38 Å². The third kappa shape index (κ3) is 4.59. The molecule has 0 spiro atoms. The number of ether oxygens (including phenoxy) is 1. The Bertz CT molecular complexity index is 1470. The van der Waals surface area contributed by atoms with Gasteiger partial charge in [0.25, 0.3) is 0 Å². The van der Waals surface area contributed by atoms with Crippen LogP contribution < -0.4 is 10.1 Å². The largest absolute Gasteiger partial charge is 0.497 e. The van der Waals surface area contributed by atoms with Crippen molar-refractivity contribution in [2.45, 2.75) is 0 Å². The lowest BCUT2D eigenvalue weighted by Crippen LogP contribution is -2.08. The molecule has 0 radical (unpaired) electrons. The van der Waals surface area contributed by atoms with Crippen LogP contribution in [-0.4, -0.2) is 22.4 Å². The zero-order valence-corrected chi connectivity index (χ0v) is 18.7. The summed E-state index contributed by atoms with van der Waals surface area (Å²) in [6.07, 6.45) is 7.15. The smallest absolute Gasteiger partial charge is 0.248 e. The highest BCUT2D eigenvalue weighted by Crippen LogP contribution is 2.26. The molecule has 34 heavy (non-hydrogen) atoms. The van der Waals surface area contributed by atoms with E-state index in [1.165, 1.54) is 11.6 Å². The summed E-state index contributed by atoms with van der Waals surface area (Å²) in [7, 11) is 1.62. The van der Waals surface area contributed by atoms with Crippen molar-refractivity contribution in [1.29, 1.82) is 0 Å². The highest BCUT2D eigenvalue weighted by molar-refractivity contribution is 6.04. The van der Waals surface area contributed by atoms with Crippen LogP contribution in [-0.2, 0) is 4.79 Å². The van der Waals surface area contributed by atoms with Crippen molar-refractivity contribution < 1.29 is 9.53 Å². The molecule has 2 aromatic heterocycles. The van der Waals surface area contributed by atoms with Gasteiger partial charge in [-0.1, -0.05) is 66.7 Å². The van der Waals surface area contributed by atoms with E-state index < -0.39 is 0 Å². The molecule has 2 heterocycles. The Labute approximate surface area is 198 Å². The normalized spacial score (nSPS) is 11.1. The number of amides is 1. The van der Waals surface area contributed by atoms with Crippen molar-refractivity contribution in [3.63, 3.8) is 0 Å². The first-order chi connectivity index (χ1) is 16.7. The molecule has 0 aliphatic rings. The Hall–Kier alpha value is -4.64. The lowest BCUT2D eigenvalue weighted by atomic mass is 10.0. The number of hydrogen-bond donors (Lipinski definition) is 1. The predicted octanol–water partition coefficient (Wildman–Crippen LogP) is 6.33. The average molecular weight is 446 g/mol. The summed E-state index contributed by atoms with van der Waals surface area (Å²) in [5.41, 5.74) is 6.41. The maximum absolute atomic E-state index is 12.6. The van der Waals surface area contributed by atoms with Gasteiger partial charge in [-0.05, 0) is 47.0 Å². The third-order valence-corrected chi connectivity index (χ3v) is 5.55. The number of carbonyl (C=O) groups excluding carboxylic acids is 1. The van der Waals surface area contributed by atoms with E-state index >= 15 is 0 Å². The molecule has 1 amide bonds. The van der Waals surface area contributed by atoms with E-state index in [0.717, 1.165) is 28.1 Å². The maximum Gasteiger partial charge on any atom is 0.248 e. The minimum Gasteiger partial charge on any atom is -0.497 e. The summed E-state index contributed by atoms with van der Waals surface area (Å²) in [4.78, 5) is 17.4. The van der Waals surface area contributed by atoms with Crippen molar-refractivity contribution in [2.24, 2.45) is 0 Å². The van der Waals surface area contributed by atoms with Gasteiger partial charge in [0.05, 0.1) is 18.5 Å². The summed E-state index contributed by atoms with van der Waals surface area (Å²) in [5, 5.41) is 2.94. The number of fused-ring (bicyclic) bond motifs is 1. The second-order valence-corrected chi connectivity index (χ2v) is 7.82. The number of nitrogens with zero attached hydrogens (tertiary/aromatic N) is 2. The van der Waals surface area contributed by atoms with E-state index in [0.29, 0.717) is 11.3 Å². The van der Waals surface area contributed by atoms with Gasteiger partial charge in [0.1, 0.15) is 5.75 Å². The number of rotatable bonds is 6. The van der Waals surface area contributed by atoms with Crippen LogP contribution in [0.25, 0.3) is 34.1 Å². The molecule has 0 aliphatic carbocycles.